The SMILES string of the molecule is COc1ccc(C#N)c(C2=CC3NC(=O)N(c4cncc5ncsc45)C(=O)C3S2)c1. The number of hydrogen-bond acceptors (Lipinski definition) is 8. The molecule has 0 spiro atoms. The van der Waals surface area contributed by atoms with Crippen LogP contribution < -0.4 is 15.0 Å². The molecule has 2 atom stereocenters. The van der Waals surface area contributed by atoms with Crippen LogP contribution in [0.3, 0.4) is 0 Å². The van der Waals surface area contributed by atoms with E-state index in [1.54, 1.807) is 37.0 Å². The molecule has 0 aliphatic carbocycles. The number of nitrogens with one attached hydrogen (secondary N) is 1. The first-order chi connectivity index (χ1) is 14.6. The van der Waals surface area contributed by atoms with E-state index in [1.807, 2.05) is 6.08 Å². The molecule has 3 aromatic rings. The first kappa shape index (κ1) is 18.6. The van der Waals surface area contributed by atoms with Crippen LogP contribution in [0.2, 0.25) is 0 Å². The van der Waals surface area contributed by atoms with E-state index in [0.29, 0.717) is 28.1 Å². The Morgan fingerprint density at radius 2 is 2.17 bits per heavy atom. The number of carbonyl (C=O) groups excluding carboxylic acids is 2. The molecule has 2 aliphatic rings. The van der Waals surface area contributed by atoms with Crippen molar-refractivity contribution in [2.75, 3.05) is 12.0 Å². The van der Waals surface area contributed by atoms with E-state index < -0.39 is 17.3 Å². The molecule has 1 saturated heterocycles. The van der Waals surface area contributed by atoms with Gasteiger partial charge in [0.1, 0.15) is 16.5 Å². The average Bonchev–Trinajstić information content (AvgIpc) is 3.40. The van der Waals surface area contributed by atoms with Crippen molar-refractivity contribution < 1.29 is 14.3 Å². The van der Waals surface area contributed by atoms with Crippen LogP contribution in [0.25, 0.3) is 15.1 Å². The summed E-state index contributed by atoms with van der Waals surface area (Å²) in [6, 6.07) is 6.36. The fourth-order valence-corrected chi connectivity index (χ4v) is 5.58. The monoisotopic (exact) mass is 435 g/mol. The van der Waals surface area contributed by atoms with Crippen LogP contribution in [0.15, 0.2) is 42.2 Å². The fourth-order valence-electron chi connectivity index (χ4n) is 3.52. The maximum absolute atomic E-state index is 13.3. The van der Waals surface area contributed by atoms with Crippen molar-refractivity contribution in [2.45, 2.75) is 11.3 Å². The number of aromatic nitrogens is 2. The Labute approximate surface area is 179 Å². The molecule has 0 bridgehead atoms. The first-order valence-corrected chi connectivity index (χ1v) is 10.7. The number of thioether (sulfide) groups is 1. The molecular weight excluding hydrogens is 422 g/mol. The highest BCUT2D eigenvalue weighted by Gasteiger charge is 2.46. The molecule has 2 aromatic heterocycles. The Morgan fingerprint density at radius 1 is 1.30 bits per heavy atom. The molecule has 10 heteroatoms. The van der Waals surface area contributed by atoms with E-state index in [0.717, 1.165) is 14.5 Å². The number of anilines is 1. The minimum atomic E-state index is -0.543. The quantitative estimate of drug-likeness (QED) is 0.673. The number of nitriles is 1. The summed E-state index contributed by atoms with van der Waals surface area (Å²) in [7, 11) is 1.55. The number of carbonyl (C=O) groups is 2. The summed E-state index contributed by atoms with van der Waals surface area (Å²) in [5.41, 5.74) is 3.86. The molecule has 30 heavy (non-hydrogen) atoms. The zero-order valence-electron chi connectivity index (χ0n) is 15.5. The Hall–Kier alpha value is -3.42. The van der Waals surface area contributed by atoms with E-state index >= 15 is 0 Å². The van der Waals surface area contributed by atoms with Gasteiger partial charge in [0.2, 0.25) is 0 Å². The number of fused-ring (bicyclic) bond motifs is 2. The van der Waals surface area contributed by atoms with Gasteiger partial charge in [0.15, 0.2) is 0 Å². The van der Waals surface area contributed by atoms with E-state index in [1.165, 1.54) is 29.3 Å². The second-order valence-electron chi connectivity index (χ2n) is 6.60. The van der Waals surface area contributed by atoms with Crippen LogP contribution in [0.4, 0.5) is 10.5 Å². The second kappa shape index (κ2) is 7.12. The highest BCUT2D eigenvalue weighted by atomic mass is 32.2. The van der Waals surface area contributed by atoms with Crippen molar-refractivity contribution in [3.63, 3.8) is 0 Å². The van der Waals surface area contributed by atoms with Gasteiger partial charge < -0.3 is 10.1 Å². The minimum absolute atomic E-state index is 0.330. The predicted molar refractivity (Wildman–Crippen MR) is 114 cm³/mol. The zero-order valence-corrected chi connectivity index (χ0v) is 17.2. The standard InChI is InChI=1S/C20H13N5O3S2/c1-28-11-3-2-10(6-21)12(4-11)16-5-13-18(30-16)19(26)25(20(27)24-13)15-8-22-7-14-17(15)29-9-23-14/h2-5,7-9,13,18H,1H3,(H,24,27). The van der Waals surface area contributed by atoms with Gasteiger partial charge in [-0.2, -0.15) is 5.26 Å². The van der Waals surface area contributed by atoms with Gasteiger partial charge in [-0.05, 0) is 24.3 Å². The highest BCUT2D eigenvalue weighted by molar-refractivity contribution is 8.09. The third-order valence-electron chi connectivity index (χ3n) is 4.94. The number of amides is 3. The number of hydrogen-bond donors (Lipinski definition) is 1. The molecule has 1 fully saturated rings. The average molecular weight is 435 g/mol. The number of thiazole rings is 1. The van der Waals surface area contributed by atoms with Crippen LogP contribution in [0.1, 0.15) is 11.1 Å². The highest BCUT2D eigenvalue weighted by Crippen LogP contribution is 2.44. The molecule has 5 rings (SSSR count). The van der Waals surface area contributed by atoms with Gasteiger partial charge in [-0.25, -0.2) is 14.7 Å². The van der Waals surface area contributed by atoms with Crippen molar-refractivity contribution in [2.24, 2.45) is 0 Å². The lowest BCUT2D eigenvalue weighted by Gasteiger charge is -2.32. The second-order valence-corrected chi connectivity index (χ2v) is 8.64. The fraction of sp³-hybridized carbons (Fsp3) is 0.150. The third kappa shape index (κ3) is 2.82. The van der Waals surface area contributed by atoms with Gasteiger partial charge in [0, 0.05) is 10.5 Å². The maximum Gasteiger partial charge on any atom is 0.329 e. The van der Waals surface area contributed by atoms with Gasteiger partial charge in [-0.15, -0.1) is 23.1 Å². The Morgan fingerprint density at radius 3 is 2.97 bits per heavy atom. The number of methoxy groups -OCH3 is 1. The van der Waals surface area contributed by atoms with E-state index in [4.69, 9.17) is 4.74 Å². The Balaban J connectivity index is 1.51. The molecule has 4 heterocycles. The van der Waals surface area contributed by atoms with Crippen LogP contribution in [0, 0.1) is 11.3 Å². The first-order valence-electron chi connectivity index (χ1n) is 8.89. The number of ether oxygens (including phenoxy) is 1. The van der Waals surface area contributed by atoms with Crippen LogP contribution in [-0.2, 0) is 4.79 Å². The summed E-state index contributed by atoms with van der Waals surface area (Å²) in [4.78, 5) is 36.3. The summed E-state index contributed by atoms with van der Waals surface area (Å²) in [5, 5.41) is 11.8. The smallest absolute Gasteiger partial charge is 0.329 e. The van der Waals surface area contributed by atoms with Gasteiger partial charge in [-0.3, -0.25) is 9.78 Å². The summed E-state index contributed by atoms with van der Waals surface area (Å²) in [5.74, 6) is 0.282. The molecule has 1 N–H and O–H groups in total. The lowest BCUT2D eigenvalue weighted by Crippen LogP contribution is -2.60. The lowest BCUT2D eigenvalue weighted by molar-refractivity contribution is -0.118. The molecule has 8 nitrogen and oxygen atoms in total. The molecular formula is C20H13N5O3S2. The zero-order chi connectivity index (χ0) is 20.8. The summed E-state index contributed by atoms with van der Waals surface area (Å²) in [6.07, 6.45) is 4.92. The van der Waals surface area contributed by atoms with Crippen molar-refractivity contribution in [1.29, 1.82) is 5.26 Å². The van der Waals surface area contributed by atoms with Crippen molar-refractivity contribution in [3.8, 4) is 11.8 Å². The summed E-state index contributed by atoms with van der Waals surface area (Å²) in [6.45, 7) is 0. The summed E-state index contributed by atoms with van der Waals surface area (Å²) < 4.78 is 6.00. The molecule has 2 unspecified atom stereocenters. The lowest BCUT2D eigenvalue weighted by atomic mass is 10.0. The van der Waals surface area contributed by atoms with E-state index in [2.05, 4.69) is 21.4 Å². The van der Waals surface area contributed by atoms with Crippen molar-refractivity contribution >= 4 is 55.8 Å². The number of imide groups is 1. The molecule has 148 valence electrons. The topological polar surface area (TPSA) is 108 Å². The normalized spacial score (nSPS) is 20.5. The molecule has 0 saturated carbocycles. The minimum Gasteiger partial charge on any atom is -0.497 e. The molecule has 3 amide bonds. The Bertz CT molecular complexity index is 1280. The number of urea groups is 1. The van der Waals surface area contributed by atoms with Crippen molar-refractivity contribution in [3.05, 3.63) is 53.3 Å². The number of nitrogens with zero attached hydrogens (tertiary/aromatic N) is 4. The molecule has 1 aromatic carbocycles. The third-order valence-corrected chi connectivity index (χ3v) is 7.17. The van der Waals surface area contributed by atoms with Gasteiger partial charge >= 0.3 is 6.03 Å². The van der Waals surface area contributed by atoms with Gasteiger partial charge in [0.05, 0.1) is 53.1 Å². The van der Waals surface area contributed by atoms with Gasteiger partial charge in [0.25, 0.3) is 5.91 Å². The van der Waals surface area contributed by atoms with Crippen molar-refractivity contribution in [1.82, 2.24) is 15.3 Å². The summed E-state index contributed by atoms with van der Waals surface area (Å²) >= 11 is 2.68. The Kier molecular flexibility index (Phi) is 4.42. The van der Waals surface area contributed by atoms with E-state index in [9.17, 15) is 14.9 Å². The molecule has 2 aliphatic heterocycles. The number of benzene rings is 1. The number of rotatable bonds is 3. The predicted octanol–water partition coefficient (Wildman–Crippen LogP) is 3.15. The largest absolute Gasteiger partial charge is 0.497 e. The maximum atomic E-state index is 13.3. The van der Waals surface area contributed by atoms with Gasteiger partial charge in [-0.1, -0.05) is 0 Å². The van der Waals surface area contributed by atoms with Crippen LogP contribution >= 0.6 is 23.1 Å². The number of pyridine rings is 1. The van der Waals surface area contributed by atoms with E-state index in [-0.39, 0.29) is 5.91 Å². The van der Waals surface area contributed by atoms with Crippen LogP contribution in [0.5, 0.6) is 5.75 Å². The van der Waals surface area contributed by atoms with Crippen LogP contribution in [-0.4, -0.2) is 40.3 Å². The molecule has 0 radical (unpaired) electrons.